The predicted molar refractivity (Wildman–Crippen MR) is 74.3 cm³/mol. The topological polar surface area (TPSA) is 74.2 Å². The molecule has 1 aromatic heterocycles. The van der Waals surface area contributed by atoms with Crippen molar-refractivity contribution in [2.45, 2.75) is 12.0 Å². The SMILES string of the molecule is COc1ccc(-c2noc(C3CSCC3N)n2)cc1. The van der Waals surface area contributed by atoms with Crippen molar-refractivity contribution in [1.82, 2.24) is 10.1 Å². The summed E-state index contributed by atoms with van der Waals surface area (Å²) in [5, 5.41) is 4.03. The molecule has 1 aliphatic heterocycles. The summed E-state index contributed by atoms with van der Waals surface area (Å²) in [6.07, 6.45) is 0. The minimum Gasteiger partial charge on any atom is -0.497 e. The second-order valence-corrected chi connectivity index (χ2v) is 5.57. The van der Waals surface area contributed by atoms with Crippen LogP contribution in [0, 0.1) is 0 Å². The van der Waals surface area contributed by atoms with E-state index in [1.54, 1.807) is 7.11 Å². The Labute approximate surface area is 115 Å². The van der Waals surface area contributed by atoms with Gasteiger partial charge in [0.2, 0.25) is 11.7 Å². The van der Waals surface area contributed by atoms with Gasteiger partial charge in [0.25, 0.3) is 0 Å². The summed E-state index contributed by atoms with van der Waals surface area (Å²) in [5.41, 5.74) is 6.94. The lowest BCUT2D eigenvalue weighted by atomic mass is 10.1. The molecule has 2 heterocycles. The van der Waals surface area contributed by atoms with Crippen molar-refractivity contribution >= 4 is 11.8 Å². The Bertz CT molecular complexity index is 555. The van der Waals surface area contributed by atoms with Gasteiger partial charge in [0.1, 0.15) is 5.75 Å². The van der Waals surface area contributed by atoms with E-state index in [1.165, 1.54) is 0 Å². The van der Waals surface area contributed by atoms with E-state index >= 15 is 0 Å². The van der Waals surface area contributed by atoms with Crippen LogP contribution in [0.25, 0.3) is 11.4 Å². The van der Waals surface area contributed by atoms with Crippen LogP contribution in [0.2, 0.25) is 0 Å². The third-order valence-corrected chi connectivity index (χ3v) is 4.45. The highest BCUT2D eigenvalue weighted by molar-refractivity contribution is 7.99. The first-order valence-corrected chi connectivity index (χ1v) is 7.25. The Hall–Kier alpha value is -1.53. The number of aromatic nitrogens is 2. The summed E-state index contributed by atoms with van der Waals surface area (Å²) in [5.74, 6) is 4.12. The first-order chi connectivity index (χ1) is 9.28. The van der Waals surface area contributed by atoms with Gasteiger partial charge in [-0.05, 0) is 24.3 Å². The Morgan fingerprint density at radius 2 is 2.11 bits per heavy atom. The molecule has 1 saturated heterocycles. The summed E-state index contributed by atoms with van der Waals surface area (Å²) < 4.78 is 10.5. The van der Waals surface area contributed by atoms with Crippen LogP contribution in [-0.4, -0.2) is 34.8 Å². The van der Waals surface area contributed by atoms with Gasteiger partial charge in [0.15, 0.2) is 0 Å². The minimum atomic E-state index is 0.106. The second kappa shape index (κ2) is 5.22. The molecule has 0 bridgehead atoms. The van der Waals surface area contributed by atoms with Crippen molar-refractivity contribution in [1.29, 1.82) is 0 Å². The van der Waals surface area contributed by atoms with Crippen LogP contribution in [0.4, 0.5) is 0 Å². The molecule has 0 saturated carbocycles. The molecule has 1 aliphatic rings. The Balaban J connectivity index is 1.83. The molecule has 19 heavy (non-hydrogen) atoms. The maximum absolute atomic E-state index is 6.03. The van der Waals surface area contributed by atoms with Crippen LogP contribution in [0.5, 0.6) is 5.75 Å². The van der Waals surface area contributed by atoms with Gasteiger partial charge < -0.3 is 15.0 Å². The molecule has 100 valence electrons. The zero-order valence-electron chi connectivity index (χ0n) is 10.6. The molecule has 1 fully saturated rings. The van der Waals surface area contributed by atoms with Crippen molar-refractivity contribution < 1.29 is 9.26 Å². The van der Waals surface area contributed by atoms with Crippen LogP contribution < -0.4 is 10.5 Å². The van der Waals surface area contributed by atoms with E-state index in [-0.39, 0.29) is 12.0 Å². The molecule has 0 spiro atoms. The number of ether oxygens (including phenoxy) is 1. The molecule has 0 radical (unpaired) electrons. The van der Waals surface area contributed by atoms with E-state index in [9.17, 15) is 0 Å². The fourth-order valence-electron chi connectivity index (χ4n) is 2.07. The molecule has 1 aromatic carbocycles. The van der Waals surface area contributed by atoms with Gasteiger partial charge in [0, 0.05) is 23.1 Å². The highest BCUT2D eigenvalue weighted by atomic mass is 32.2. The molecule has 0 aliphatic carbocycles. The second-order valence-electron chi connectivity index (χ2n) is 4.49. The quantitative estimate of drug-likeness (QED) is 0.923. The number of hydrogen-bond acceptors (Lipinski definition) is 6. The predicted octanol–water partition coefficient (Wildman–Crippen LogP) is 1.90. The maximum Gasteiger partial charge on any atom is 0.232 e. The van der Waals surface area contributed by atoms with Crippen molar-refractivity contribution in [3.63, 3.8) is 0 Å². The Morgan fingerprint density at radius 3 is 2.74 bits per heavy atom. The normalized spacial score (nSPS) is 22.6. The van der Waals surface area contributed by atoms with Crippen molar-refractivity contribution in [2.24, 2.45) is 5.73 Å². The van der Waals surface area contributed by atoms with Gasteiger partial charge in [0.05, 0.1) is 13.0 Å². The van der Waals surface area contributed by atoms with E-state index in [4.69, 9.17) is 15.0 Å². The number of rotatable bonds is 3. The lowest BCUT2D eigenvalue weighted by molar-refractivity contribution is 0.352. The molecule has 2 N–H and O–H groups in total. The number of methoxy groups -OCH3 is 1. The van der Waals surface area contributed by atoms with Gasteiger partial charge in [-0.2, -0.15) is 16.7 Å². The third kappa shape index (κ3) is 2.46. The van der Waals surface area contributed by atoms with Crippen LogP contribution in [-0.2, 0) is 0 Å². The summed E-state index contributed by atoms with van der Waals surface area (Å²) in [6.45, 7) is 0. The van der Waals surface area contributed by atoms with Crippen molar-refractivity contribution in [3.05, 3.63) is 30.2 Å². The summed E-state index contributed by atoms with van der Waals surface area (Å²) in [6, 6.07) is 7.69. The van der Waals surface area contributed by atoms with E-state index in [0.717, 1.165) is 22.8 Å². The molecule has 3 rings (SSSR count). The van der Waals surface area contributed by atoms with Crippen LogP contribution in [0.1, 0.15) is 11.8 Å². The number of nitrogens with zero attached hydrogens (tertiary/aromatic N) is 2. The zero-order valence-corrected chi connectivity index (χ0v) is 11.4. The smallest absolute Gasteiger partial charge is 0.232 e. The summed E-state index contributed by atoms with van der Waals surface area (Å²) in [7, 11) is 1.64. The zero-order chi connectivity index (χ0) is 13.2. The fourth-order valence-corrected chi connectivity index (χ4v) is 3.35. The summed E-state index contributed by atoms with van der Waals surface area (Å²) >= 11 is 1.83. The number of thioether (sulfide) groups is 1. The number of hydrogen-bond donors (Lipinski definition) is 1. The Morgan fingerprint density at radius 1 is 1.32 bits per heavy atom. The van der Waals surface area contributed by atoms with Gasteiger partial charge >= 0.3 is 0 Å². The monoisotopic (exact) mass is 277 g/mol. The third-order valence-electron chi connectivity index (χ3n) is 3.23. The molecule has 0 amide bonds. The Kier molecular flexibility index (Phi) is 3.44. The first kappa shape index (κ1) is 12.5. The molecule has 2 unspecified atom stereocenters. The highest BCUT2D eigenvalue weighted by Crippen LogP contribution is 2.31. The van der Waals surface area contributed by atoms with Crippen molar-refractivity contribution in [3.8, 4) is 17.1 Å². The molecule has 6 heteroatoms. The average Bonchev–Trinajstić information content (AvgIpc) is 3.07. The van der Waals surface area contributed by atoms with E-state index in [1.807, 2.05) is 36.0 Å². The maximum atomic E-state index is 6.03. The fraction of sp³-hybridized carbons (Fsp3) is 0.385. The average molecular weight is 277 g/mol. The number of nitrogens with two attached hydrogens (primary N) is 1. The summed E-state index contributed by atoms with van der Waals surface area (Å²) in [4.78, 5) is 4.46. The highest BCUT2D eigenvalue weighted by Gasteiger charge is 2.30. The molecular weight excluding hydrogens is 262 g/mol. The first-order valence-electron chi connectivity index (χ1n) is 6.09. The van der Waals surface area contributed by atoms with E-state index < -0.39 is 0 Å². The molecule has 5 nitrogen and oxygen atoms in total. The van der Waals surface area contributed by atoms with Crippen LogP contribution in [0.15, 0.2) is 28.8 Å². The molecule has 2 aromatic rings. The minimum absolute atomic E-state index is 0.106. The van der Waals surface area contributed by atoms with Gasteiger partial charge in [-0.1, -0.05) is 5.16 Å². The van der Waals surface area contributed by atoms with Gasteiger partial charge in [-0.3, -0.25) is 0 Å². The lowest BCUT2D eigenvalue weighted by Gasteiger charge is -2.07. The van der Waals surface area contributed by atoms with Gasteiger partial charge in [-0.25, -0.2) is 0 Å². The van der Waals surface area contributed by atoms with Crippen molar-refractivity contribution in [2.75, 3.05) is 18.6 Å². The van der Waals surface area contributed by atoms with Gasteiger partial charge in [-0.15, -0.1) is 0 Å². The number of benzene rings is 1. The van der Waals surface area contributed by atoms with E-state index in [0.29, 0.717) is 11.7 Å². The molecular formula is C13H15N3O2S. The van der Waals surface area contributed by atoms with Crippen LogP contribution in [0.3, 0.4) is 0 Å². The largest absolute Gasteiger partial charge is 0.497 e. The standard InChI is InChI=1S/C13H15N3O2S/c1-17-9-4-2-8(3-5-9)12-15-13(18-16-12)10-6-19-7-11(10)14/h2-5,10-11H,6-7,14H2,1H3. The molecule has 2 atom stereocenters. The van der Waals surface area contributed by atoms with E-state index in [2.05, 4.69) is 10.1 Å². The van der Waals surface area contributed by atoms with Crippen LogP contribution >= 0.6 is 11.8 Å². The lowest BCUT2D eigenvalue weighted by Crippen LogP contribution is -2.26.